The van der Waals surface area contributed by atoms with E-state index in [1.54, 1.807) is 0 Å². The van der Waals surface area contributed by atoms with Gasteiger partial charge in [-0.2, -0.15) is 0 Å². The van der Waals surface area contributed by atoms with Gasteiger partial charge in [0.05, 0.1) is 0 Å². The lowest BCUT2D eigenvalue weighted by Gasteiger charge is -2.17. The van der Waals surface area contributed by atoms with Crippen LogP contribution < -0.4 is 0 Å². The molecule has 0 aliphatic carbocycles. The molecule has 0 aliphatic rings. The third-order valence-electron chi connectivity index (χ3n) is 4.87. The number of rotatable bonds is 2. The van der Waals surface area contributed by atoms with E-state index in [-0.39, 0.29) is 48.0 Å². The average Bonchev–Trinajstić information content (AvgIpc) is 2.73. The van der Waals surface area contributed by atoms with Crippen LogP contribution in [0.4, 0.5) is 0 Å². The molecule has 0 unspecified atom stereocenters. The zero-order valence-corrected chi connectivity index (χ0v) is 19.6. The molecule has 0 radical (unpaired) electrons. The van der Waals surface area contributed by atoms with E-state index in [0.717, 1.165) is 0 Å². The first-order valence-corrected chi connectivity index (χ1v) is 8.68. The van der Waals surface area contributed by atoms with Crippen molar-refractivity contribution in [2.75, 3.05) is 0 Å². The van der Waals surface area contributed by atoms with Crippen molar-refractivity contribution in [2.24, 2.45) is 0 Å². The van der Waals surface area contributed by atoms with Crippen molar-refractivity contribution >= 4 is 69.5 Å². The highest BCUT2D eigenvalue weighted by atomic mass is 127. The first-order valence-electron chi connectivity index (χ1n) is 8.68. The Hall–Kier alpha value is -2.06. The van der Waals surface area contributed by atoms with Gasteiger partial charge in [0.25, 0.3) is 0 Å². The zero-order chi connectivity index (χ0) is 17.3. The summed E-state index contributed by atoms with van der Waals surface area (Å²) in [5.41, 5.74) is 4.90. The first-order chi connectivity index (χ1) is 12.9. The first kappa shape index (κ1) is 20.7. The number of aromatic nitrogens is 2. The molecular weight excluding hydrogens is 570 g/mol. The van der Waals surface area contributed by atoms with E-state index < -0.39 is 0 Å². The van der Waals surface area contributed by atoms with Crippen LogP contribution in [0.15, 0.2) is 97.6 Å². The van der Waals surface area contributed by atoms with E-state index >= 15 is 0 Å². The van der Waals surface area contributed by atoms with Gasteiger partial charge in [-0.25, -0.2) is 0 Å². The third-order valence-corrected chi connectivity index (χ3v) is 4.87. The van der Waals surface area contributed by atoms with Crippen molar-refractivity contribution in [1.29, 1.82) is 0 Å². The molecule has 0 aliphatic heterocycles. The maximum atomic E-state index is 4.19. The Balaban J connectivity index is 0.00000112. The predicted molar refractivity (Wildman–Crippen MR) is 139 cm³/mol. The van der Waals surface area contributed by atoms with Crippen LogP contribution in [-0.2, 0) is 0 Å². The molecule has 3 aromatic carbocycles. The van der Waals surface area contributed by atoms with Crippen LogP contribution in [0.1, 0.15) is 0 Å². The maximum Gasteiger partial charge on any atom is 0.0273 e. The molecule has 4 heteroatoms. The minimum atomic E-state index is 0. The van der Waals surface area contributed by atoms with Gasteiger partial charge < -0.3 is 0 Å². The van der Waals surface area contributed by atoms with Crippen LogP contribution in [0.3, 0.4) is 0 Å². The summed E-state index contributed by atoms with van der Waals surface area (Å²) in [6.07, 6.45) is 7.43. The Morgan fingerprint density at radius 2 is 0.679 bits per heavy atom. The van der Waals surface area contributed by atoms with E-state index in [4.69, 9.17) is 0 Å². The number of fused-ring (bicyclic) bond motifs is 2. The number of hydrogen-bond acceptors (Lipinski definition) is 2. The molecule has 0 atom stereocenters. The number of benzene rings is 3. The molecule has 28 heavy (non-hydrogen) atoms. The number of nitrogens with zero attached hydrogens (tertiary/aromatic N) is 2. The molecule has 2 heterocycles. The van der Waals surface area contributed by atoms with Gasteiger partial charge in [0.15, 0.2) is 0 Å². The van der Waals surface area contributed by atoms with Crippen LogP contribution in [0.2, 0.25) is 0 Å². The second-order valence-corrected chi connectivity index (χ2v) is 6.31. The normalized spacial score (nSPS) is 10.3. The summed E-state index contributed by atoms with van der Waals surface area (Å²) in [4.78, 5) is 8.38. The second kappa shape index (κ2) is 8.96. The fourth-order valence-electron chi connectivity index (χ4n) is 3.79. The summed E-state index contributed by atoms with van der Waals surface area (Å²) in [5, 5.41) is 5.02. The van der Waals surface area contributed by atoms with Gasteiger partial charge in [0, 0.05) is 24.8 Å². The Labute approximate surface area is 198 Å². The molecule has 0 N–H and O–H groups in total. The summed E-state index contributed by atoms with van der Waals surface area (Å²) >= 11 is 0. The molecule has 2 aromatic heterocycles. The summed E-state index contributed by atoms with van der Waals surface area (Å²) in [6.45, 7) is 0. The molecule has 0 saturated heterocycles. The zero-order valence-electron chi connectivity index (χ0n) is 14.9. The van der Waals surface area contributed by atoms with Crippen LogP contribution in [0.5, 0.6) is 0 Å². The van der Waals surface area contributed by atoms with Crippen molar-refractivity contribution in [1.82, 2.24) is 9.97 Å². The van der Waals surface area contributed by atoms with E-state index in [1.807, 2.05) is 24.8 Å². The SMILES string of the molecule is I.I.c1ccc2c(-c3ccncc3)c3ccccc3c(-c3ccncc3)c2c1. The van der Waals surface area contributed by atoms with Gasteiger partial charge in [-0.15, -0.1) is 48.0 Å². The van der Waals surface area contributed by atoms with Crippen LogP contribution in [-0.4, -0.2) is 9.97 Å². The van der Waals surface area contributed by atoms with Gasteiger partial charge in [-0.05, 0) is 68.1 Å². The minimum Gasteiger partial charge on any atom is -0.265 e. The number of hydrogen-bond donors (Lipinski definition) is 0. The standard InChI is InChI=1S/C24H16N2.2HI/c1-2-6-20-19(5-1)23(17-9-13-25-14-10-17)21-7-3-4-8-22(21)24(20)18-11-15-26-16-12-18;;/h1-16H;2*1H. The molecule has 138 valence electrons. The van der Waals surface area contributed by atoms with Crippen molar-refractivity contribution in [3.8, 4) is 22.3 Å². The highest BCUT2D eigenvalue weighted by Crippen LogP contribution is 2.43. The van der Waals surface area contributed by atoms with Crippen LogP contribution in [0.25, 0.3) is 43.8 Å². The Kier molecular flexibility index (Phi) is 6.61. The highest BCUT2D eigenvalue weighted by molar-refractivity contribution is 14.0. The maximum absolute atomic E-state index is 4.19. The molecule has 0 bridgehead atoms. The minimum absolute atomic E-state index is 0. The molecule has 0 amide bonds. The fourth-order valence-corrected chi connectivity index (χ4v) is 3.79. The third kappa shape index (κ3) is 3.51. The number of halogens is 2. The van der Waals surface area contributed by atoms with Gasteiger partial charge in [-0.3, -0.25) is 9.97 Å². The fraction of sp³-hybridized carbons (Fsp3) is 0. The van der Waals surface area contributed by atoms with Gasteiger partial charge in [0.1, 0.15) is 0 Å². The van der Waals surface area contributed by atoms with Crippen molar-refractivity contribution in [3.05, 3.63) is 97.6 Å². The Morgan fingerprint density at radius 1 is 0.393 bits per heavy atom. The summed E-state index contributed by atoms with van der Waals surface area (Å²) in [5.74, 6) is 0. The quantitative estimate of drug-likeness (QED) is 0.159. The smallest absolute Gasteiger partial charge is 0.0273 e. The molecule has 0 spiro atoms. The summed E-state index contributed by atoms with van der Waals surface area (Å²) in [7, 11) is 0. The summed E-state index contributed by atoms with van der Waals surface area (Å²) in [6, 6.07) is 25.6. The Morgan fingerprint density at radius 3 is 0.964 bits per heavy atom. The van der Waals surface area contributed by atoms with E-state index in [0.29, 0.717) is 0 Å². The Bertz CT molecular complexity index is 1070. The number of pyridine rings is 2. The monoisotopic (exact) mass is 588 g/mol. The second-order valence-electron chi connectivity index (χ2n) is 6.31. The van der Waals surface area contributed by atoms with Gasteiger partial charge in [-0.1, -0.05) is 48.5 Å². The van der Waals surface area contributed by atoms with Crippen molar-refractivity contribution in [3.63, 3.8) is 0 Å². The molecule has 0 saturated carbocycles. The molecular formula is C24H18I2N2. The van der Waals surface area contributed by atoms with E-state index in [2.05, 4.69) is 82.8 Å². The van der Waals surface area contributed by atoms with E-state index in [1.165, 1.54) is 43.8 Å². The van der Waals surface area contributed by atoms with Crippen LogP contribution in [0, 0.1) is 0 Å². The van der Waals surface area contributed by atoms with Crippen LogP contribution >= 0.6 is 48.0 Å². The average molecular weight is 588 g/mol. The van der Waals surface area contributed by atoms with E-state index in [9.17, 15) is 0 Å². The largest absolute Gasteiger partial charge is 0.265 e. The lowest BCUT2D eigenvalue weighted by molar-refractivity contribution is 1.33. The lowest BCUT2D eigenvalue weighted by Crippen LogP contribution is -1.90. The van der Waals surface area contributed by atoms with Crippen molar-refractivity contribution in [2.45, 2.75) is 0 Å². The molecule has 5 aromatic rings. The lowest BCUT2D eigenvalue weighted by atomic mass is 9.86. The summed E-state index contributed by atoms with van der Waals surface area (Å²) < 4.78 is 0. The molecule has 0 fully saturated rings. The van der Waals surface area contributed by atoms with Crippen molar-refractivity contribution < 1.29 is 0 Å². The topological polar surface area (TPSA) is 25.8 Å². The van der Waals surface area contributed by atoms with Gasteiger partial charge >= 0.3 is 0 Å². The predicted octanol–water partition coefficient (Wildman–Crippen LogP) is 7.35. The molecule has 2 nitrogen and oxygen atoms in total. The molecule has 5 rings (SSSR count). The van der Waals surface area contributed by atoms with Gasteiger partial charge in [0.2, 0.25) is 0 Å². The highest BCUT2D eigenvalue weighted by Gasteiger charge is 2.15.